The number of methoxy groups -OCH3 is 1. The highest BCUT2D eigenvalue weighted by atomic mass is 16.6. The van der Waals surface area contributed by atoms with E-state index in [9.17, 15) is 14.4 Å². The molecule has 0 aliphatic heterocycles. The third-order valence-corrected chi connectivity index (χ3v) is 3.44. The van der Waals surface area contributed by atoms with Crippen LogP contribution in [0.25, 0.3) is 0 Å². The summed E-state index contributed by atoms with van der Waals surface area (Å²) in [6, 6.07) is 0. The van der Waals surface area contributed by atoms with Gasteiger partial charge in [-0.25, -0.2) is 4.79 Å². The van der Waals surface area contributed by atoms with E-state index in [2.05, 4.69) is 10.1 Å². The Kier molecular flexibility index (Phi) is 22.0. The van der Waals surface area contributed by atoms with E-state index in [-0.39, 0.29) is 13.0 Å². The molecule has 0 aromatic carbocycles. The second kappa shape index (κ2) is 23.6. The molecule has 0 aliphatic carbocycles. The summed E-state index contributed by atoms with van der Waals surface area (Å²) in [5.41, 5.74) is 0. The van der Waals surface area contributed by atoms with Crippen molar-refractivity contribution in [3.05, 3.63) is 12.2 Å². The predicted molar refractivity (Wildman–Crippen MR) is 111 cm³/mol. The Bertz CT molecular complexity index is 514. The van der Waals surface area contributed by atoms with Crippen molar-refractivity contribution >= 4 is 17.8 Å². The van der Waals surface area contributed by atoms with E-state index >= 15 is 0 Å². The first kappa shape index (κ1) is 29.9. The number of ether oxygens (including phenoxy) is 7. The van der Waals surface area contributed by atoms with Crippen molar-refractivity contribution in [1.82, 2.24) is 5.32 Å². The highest BCUT2D eigenvalue weighted by Gasteiger charge is 1.98. The maximum Gasteiger partial charge on any atom is 0.330 e. The molecule has 0 radical (unpaired) electrons. The SMILES string of the molecule is COC(=O)/C=C\C(=O)NCCOCCOCCOCCOCCOCCOCCC(=O)O. The summed E-state index contributed by atoms with van der Waals surface area (Å²) in [5, 5.41) is 11.0. The van der Waals surface area contributed by atoms with Gasteiger partial charge in [-0.3, -0.25) is 9.59 Å². The molecule has 0 saturated carbocycles. The number of esters is 1. The molecule has 0 atom stereocenters. The molecule has 32 heavy (non-hydrogen) atoms. The molecule has 0 rings (SSSR count). The van der Waals surface area contributed by atoms with Crippen LogP contribution in [-0.2, 0) is 47.5 Å². The standard InChI is InChI=1S/C20H35NO11/c1-26-20(25)3-2-18(22)21-5-7-28-9-11-30-13-15-32-17-16-31-14-12-29-10-8-27-6-4-19(23)24/h2-3H,4-17H2,1H3,(H,21,22)(H,23,24)/b3-2-. The van der Waals surface area contributed by atoms with Crippen LogP contribution in [0.4, 0.5) is 0 Å². The van der Waals surface area contributed by atoms with E-state index < -0.39 is 17.8 Å². The van der Waals surface area contributed by atoms with E-state index in [0.29, 0.717) is 79.2 Å². The molecule has 0 heterocycles. The summed E-state index contributed by atoms with van der Waals surface area (Å²) in [5.74, 6) is -1.88. The van der Waals surface area contributed by atoms with Gasteiger partial charge in [0.1, 0.15) is 0 Å². The quantitative estimate of drug-likeness (QED) is 0.113. The molecule has 1 amide bonds. The third kappa shape index (κ3) is 24.2. The maximum absolute atomic E-state index is 11.3. The van der Waals surface area contributed by atoms with Crippen LogP contribution in [0.1, 0.15) is 6.42 Å². The molecular formula is C20H35NO11. The topological polar surface area (TPSA) is 148 Å². The smallest absolute Gasteiger partial charge is 0.330 e. The average molecular weight is 465 g/mol. The van der Waals surface area contributed by atoms with Gasteiger partial charge in [0, 0.05) is 18.7 Å². The van der Waals surface area contributed by atoms with Crippen LogP contribution in [0.5, 0.6) is 0 Å². The number of aliphatic carboxylic acids is 1. The van der Waals surface area contributed by atoms with Gasteiger partial charge in [-0.1, -0.05) is 0 Å². The van der Waals surface area contributed by atoms with Gasteiger partial charge in [0.15, 0.2) is 0 Å². The number of hydrogen-bond donors (Lipinski definition) is 2. The summed E-state index contributed by atoms with van der Waals surface area (Å²) >= 11 is 0. The summed E-state index contributed by atoms with van der Waals surface area (Å²) in [6.45, 7) is 5.02. The molecule has 0 unspecified atom stereocenters. The second-order valence-electron chi connectivity index (χ2n) is 5.97. The minimum Gasteiger partial charge on any atom is -0.481 e. The van der Waals surface area contributed by atoms with Gasteiger partial charge in [0.05, 0.1) is 92.8 Å². The van der Waals surface area contributed by atoms with E-state index in [1.807, 2.05) is 0 Å². The largest absolute Gasteiger partial charge is 0.481 e. The molecule has 0 saturated heterocycles. The first-order valence-corrected chi connectivity index (χ1v) is 10.3. The molecule has 12 nitrogen and oxygen atoms in total. The molecule has 2 N–H and O–H groups in total. The lowest BCUT2D eigenvalue weighted by atomic mass is 10.4. The van der Waals surface area contributed by atoms with Crippen molar-refractivity contribution in [2.45, 2.75) is 6.42 Å². The van der Waals surface area contributed by atoms with Gasteiger partial charge in [0.2, 0.25) is 5.91 Å². The van der Waals surface area contributed by atoms with Crippen molar-refractivity contribution in [1.29, 1.82) is 0 Å². The van der Waals surface area contributed by atoms with Gasteiger partial charge >= 0.3 is 11.9 Å². The zero-order valence-electron chi connectivity index (χ0n) is 18.6. The molecule has 12 heteroatoms. The van der Waals surface area contributed by atoms with Crippen LogP contribution in [-0.4, -0.2) is 116 Å². The summed E-state index contributed by atoms with van der Waals surface area (Å²) in [7, 11) is 1.23. The van der Waals surface area contributed by atoms with E-state index in [1.54, 1.807) is 0 Å². The fraction of sp³-hybridized carbons (Fsp3) is 0.750. The Hall–Kier alpha value is -2.09. The first-order chi connectivity index (χ1) is 15.6. The zero-order chi connectivity index (χ0) is 23.7. The number of amides is 1. The Morgan fingerprint density at radius 3 is 1.47 bits per heavy atom. The number of carbonyl (C=O) groups excluding carboxylic acids is 2. The molecule has 0 bridgehead atoms. The monoisotopic (exact) mass is 465 g/mol. The van der Waals surface area contributed by atoms with Crippen LogP contribution in [0.15, 0.2) is 12.2 Å². The van der Waals surface area contributed by atoms with Crippen molar-refractivity contribution in [3.63, 3.8) is 0 Å². The number of nitrogens with one attached hydrogen (secondary N) is 1. The van der Waals surface area contributed by atoms with Crippen LogP contribution in [0.3, 0.4) is 0 Å². The Labute approximate surface area is 188 Å². The normalized spacial score (nSPS) is 11.0. The van der Waals surface area contributed by atoms with Gasteiger partial charge in [-0.15, -0.1) is 0 Å². The van der Waals surface area contributed by atoms with E-state index in [4.69, 9.17) is 33.5 Å². The lowest BCUT2D eigenvalue weighted by Gasteiger charge is -2.08. The first-order valence-electron chi connectivity index (χ1n) is 10.3. The number of hydrogen-bond acceptors (Lipinski definition) is 10. The summed E-state index contributed by atoms with van der Waals surface area (Å²) < 4.78 is 36.1. The molecule has 0 aromatic rings. The van der Waals surface area contributed by atoms with Gasteiger partial charge in [0.25, 0.3) is 0 Å². The molecule has 0 fully saturated rings. The van der Waals surface area contributed by atoms with Crippen molar-refractivity contribution < 1.29 is 52.6 Å². The number of carboxylic acids is 1. The second-order valence-corrected chi connectivity index (χ2v) is 5.97. The van der Waals surface area contributed by atoms with Crippen LogP contribution in [0, 0.1) is 0 Å². The zero-order valence-corrected chi connectivity index (χ0v) is 18.6. The highest BCUT2D eigenvalue weighted by molar-refractivity contribution is 5.94. The maximum atomic E-state index is 11.3. The lowest BCUT2D eigenvalue weighted by molar-refractivity contribution is -0.138. The lowest BCUT2D eigenvalue weighted by Crippen LogP contribution is -2.26. The van der Waals surface area contributed by atoms with Gasteiger partial charge in [-0.05, 0) is 0 Å². The van der Waals surface area contributed by atoms with Crippen LogP contribution < -0.4 is 5.32 Å². The predicted octanol–water partition coefficient (Wildman–Crippen LogP) is -0.594. The molecule has 0 aliphatic rings. The number of carbonyl (C=O) groups is 3. The fourth-order valence-corrected chi connectivity index (χ4v) is 1.88. The van der Waals surface area contributed by atoms with Crippen molar-refractivity contribution in [2.75, 3.05) is 92.9 Å². The Morgan fingerprint density at radius 2 is 1.06 bits per heavy atom. The van der Waals surface area contributed by atoms with Gasteiger partial charge < -0.3 is 43.6 Å². The fourth-order valence-electron chi connectivity index (χ4n) is 1.88. The minimum absolute atomic E-state index is 0.0111. The van der Waals surface area contributed by atoms with E-state index in [0.717, 1.165) is 12.2 Å². The van der Waals surface area contributed by atoms with Gasteiger partial charge in [-0.2, -0.15) is 0 Å². The summed E-state index contributed by atoms with van der Waals surface area (Å²) in [4.78, 5) is 32.4. The van der Waals surface area contributed by atoms with E-state index in [1.165, 1.54) is 7.11 Å². The minimum atomic E-state index is -0.884. The van der Waals surface area contributed by atoms with Crippen LogP contribution in [0.2, 0.25) is 0 Å². The number of rotatable bonds is 23. The molecule has 186 valence electrons. The molecule has 0 spiro atoms. The Balaban J connectivity index is 3.16. The summed E-state index contributed by atoms with van der Waals surface area (Å²) in [6.07, 6.45) is 2.13. The molecular weight excluding hydrogens is 430 g/mol. The van der Waals surface area contributed by atoms with Crippen LogP contribution >= 0.6 is 0 Å². The third-order valence-electron chi connectivity index (χ3n) is 3.44. The Morgan fingerprint density at radius 1 is 0.656 bits per heavy atom. The number of carboxylic acid groups (broad SMARTS) is 1. The molecule has 0 aromatic heterocycles. The highest BCUT2D eigenvalue weighted by Crippen LogP contribution is 1.86. The van der Waals surface area contributed by atoms with Crippen molar-refractivity contribution in [2.24, 2.45) is 0 Å². The van der Waals surface area contributed by atoms with Crippen molar-refractivity contribution in [3.8, 4) is 0 Å². The average Bonchev–Trinajstić information content (AvgIpc) is 2.78.